The van der Waals surface area contributed by atoms with Crippen molar-refractivity contribution in [2.75, 3.05) is 24.6 Å². The molecule has 1 aromatic rings. The van der Waals surface area contributed by atoms with E-state index in [-0.39, 0.29) is 23.8 Å². The fourth-order valence-corrected chi connectivity index (χ4v) is 2.56. The minimum absolute atomic E-state index is 0.0100. The summed E-state index contributed by atoms with van der Waals surface area (Å²) in [7, 11) is 0. The quantitative estimate of drug-likeness (QED) is 0.815. The molecule has 2 rings (SSSR count). The number of amides is 2. The maximum absolute atomic E-state index is 12.3. The number of benzene rings is 1. The van der Waals surface area contributed by atoms with Crippen molar-refractivity contribution in [3.05, 3.63) is 42.0 Å². The minimum atomic E-state index is -0.350. The van der Waals surface area contributed by atoms with Crippen molar-refractivity contribution in [1.29, 1.82) is 0 Å². The number of nitrogens with one attached hydrogen (secondary N) is 1. The summed E-state index contributed by atoms with van der Waals surface area (Å²) in [5.41, 5.74) is 2.08. The first-order valence-electron chi connectivity index (χ1n) is 7.84. The normalized spacial score (nSPS) is 14.1. The average Bonchev–Trinajstić information content (AvgIpc) is 2.58. The van der Waals surface area contributed by atoms with Crippen LogP contribution in [0.2, 0.25) is 0 Å². The van der Waals surface area contributed by atoms with Gasteiger partial charge in [0, 0.05) is 36.4 Å². The Labute approximate surface area is 137 Å². The van der Waals surface area contributed by atoms with E-state index < -0.39 is 0 Å². The van der Waals surface area contributed by atoms with Gasteiger partial charge >= 0.3 is 0 Å². The van der Waals surface area contributed by atoms with Crippen molar-refractivity contribution >= 4 is 17.5 Å². The second-order valence-electron chi connectivity index (χ2n) is 6.65. The van der Waals surface area contributed by atoms with Gasteiger partial charge in [0.2, 0.25) is 5.91 Å². The summed E-state index contributed by atoms with van der Waals surface area (Å²) in [6.45, 7) is 8.40. The third-order valence-electron chi connectivity index (χ3n) is 4.06. The lowest BCUT2D eigenvalue weighted by Crippen LogP contribution is -2.36. The molecule has 1 aliphatic rings. The Bertz CT molecular complexity index is 623. The van der Waals surface area contributed by atoms with Crippen LogP contribution in [0, 0.1) is 5.41 Å². The number of hydrogen-bond acceptors (Lipinski definition) is 3. The van der Waals surface area contributed by atoms with E-state index >= 15 is 0 Å². The molecule has 0 aliphatic carbocycles. The zero-order valence-corrected chi connectivity index (χ0v) is 13.8. The lowest BCUT2D eigenvalue weighted by Gasteiger charge is -2.29. The number of aliphatic hydroxyl groups excluding tert-OH is 1. The summed E-state index contributed by atoms with van der Waals surface area (Å²) >= 11 is 0. The molecular formula is C18H24N2O3. The molecule has 0 radical (unpaired) electrons. The van der Waals surface area contributed by atoms with E-state index in [0.29, 0.717) is 18.7 Å². The van der Waals surface area contributed by atoms with Gasteiger partial charge in [-0.15, -0.1) is 0 Å². The van der Waals surface area contributed by atoms with Crippen LogP contribution in [-0.2, 0) is 11.2 Å². The number of rotatable bonds is 5. The summed E-state index contributed by atoms with van der Waals surface area (Å²) < 4.78 is 0. The Morgan fingerprint density at radius 3 is 2.83 bits per heavy atom. The number of aliphatic hydroxyl groups is 1. The highest BCUT2D eigenvalue weighted by atomic mass is 16.3. The summed E-state index contributed by atoms with van der Waals surface area (Å²) in [6, 6.07) is 5.40. The minimum Gasteiger partial charge on any atom is -0.396 e. The van der Waals surface area contributed by atoms with Crippen molar-refractivity contribution in [1.82, 2.24) is 5.32 Å². The highest BCUT2D eigenvalue weighted by Crippen LogP contribution is 2.28. The molecule has 1 aliphatic heterocycles. The van der Waals surface area contributed by atoms with Gasteiger partial charge < -0.3 is 15.3 Å². The van der Waals surface area contributed by atoms with Crippen molar-refractivity contribution in [3.8, 4) is 0 Å². The molecule has 1 heterocycles. The van der Waals surface area contributed by atoms with Crippen molar-refractivity contribution in [2.24, 2.45) is 5.41 Å². The Morgan fingerprint density at radius 1 is 1.43 bits per heavy atom. The van der Waals surface area contributed by atoms with Gasteiger partial charge in [0.15, 0.2) is 0 Å². The molecule has 1 aromatic carbocycles. The third-order valence-corrected chi connectivity index (χ3v) is 4.06. The first-order chi connectivity index (χ1) is 10.9. The van der Waals surface area contributed by atoms with Crippen LogP contribution in [0.1, 0.15) is 36.2 Å². The molecule has 124 valence electrons. The van der Waals surface area contributed by atoms with Crippen LogP contribution in [0.5, 0.6) is 0 Å². The van der Waals surface area contributed by atoms with E-state index in [9.17, 15) is 14.7 Å². The molecule has 0 bridgehead atoms. The molecule has 0 aromatic heterocycles. The summed E-state index contributed by atoms with van der Waals surface area (Å²) in [6.07, 6.45) is 3.03. The topological polar surface area (TPSA) is 69.6 Å². The number of carbonyl (C=O) groups excluding carboxylic acids is 2. The van der Waals surface area contributed by atoms with E-state index in [1.54, 1.807) is 11.0 Å². The van der Waals surface area contributed by atoms with Gasteiger partial charge in [0.25, 0.3) is 5.91 Å². The van der Waals surface area contributed by atoms with E-state index in [1.165, 1.54) is 6.08 Å². The SMILES string of the molecule is C=CC(=O)N1CCCc2cc(C(=O)NCC(C)(C)CO)ccc21. The number of aryl methyl sites for hydroxylation is 1. The molecular weight excluding hydrogens is 292 g/mol. The number of anilines is 1. The number of hydrogen-bond donors (Lipinski definition) is 2. The van der Waals surface area contributed by atoms with Crippen molar-refractivity contribution in [3.63, 3.8) is 0 Å². The molecule has 5 heteroatoms. The van der Waals surface area contributed by atoms with E-state index in [2.05, 4.69) is 11.9 Å². The molecule has 0 fully saturated rings. The number of fused-ring (bicyclic) bond motifs is 1. The van der Waals surface area contributed by atoms with Gasteiger partial charge in [-0.2, -0.15) is 0 Å². The lowest BCUT2D eigenvalue weighted by atomic mass is 9.94. The maximum atomic E-state index is 12.3. The van der Waals surface area contributed by atoms with Crippen molar-refractivity contribution in [2.45, 2.75) is 26.7 Å². The Morgan fingerprint density at radius 2 is 2.17 bits per heavy atom. The first-order valence-corrected chi connectivity index (χ1v) is 7.84. The fraction of sp³-hybridized carbons (Fsp3) is 0.444. The first kappa shape index (κ1) is 17.2. The zero-order chi connectivity index (χ0) is 17.0. The lowest BCUT2D eigenvalue weighted by molar-refractivity contribution is -0.114. The molecule has 23 heavy (non-hydrogen) atoms. The molecule has 2 amide bonds. The molecule has 5 nitrogen and oxygen atoms in total. The van der Waals surface area contributed by atoms with Crippen LogP contribution in [-0.4, -0.2) is 36.6 Å². The maximum Gasteiger partial charge on any atom is 0.251 e. The molecule has 2 N–H and O–H groups in total. The second kappa shape index (κ2) is 6.96. The molecule has 0 spiro atoms. The molecule has 0 saturated carbocycles. The van der Waals surface area contributed by atoms with E-state index in [1.807, 2.05) is 26.0 Å². The molecule has 0 saturated heterocycles. The van der Waals surface area contributed by atoms with Gasteiger partial charge in [0.05, 0.1) is 0 Å². The van der Waals surface area contributed by atoms with Crippen LogP contribution in [0.4, 0.5) is 5.69 Å². The molecule has 0 unspecified atom stereocenters. The highest BCUT2D eigenvalue weighted by Gasteiger charge is 2.22. The smallest absolute Gasteiger partial charge is 0.251 e. The predicted octanol–water partition coefficient (Wildman–Crippen LogP) is 1.90. The van der Waals surface area contributed by atoms with Crippen LogP contribution in [0.25, 0.3) is 0 Å². The molecule has 0 atom stereocenters. The van der Waals surface area contributed by atoms with Gasteiger partial charge in [-0.3, -0.25) is 9.59 Å². The van der Waals surface area contributed by atoms with Crippen LogP contribution in [0.15, 0.2) is 30.9 Å². The van der Waals surface area contributed by atoms with Crippen LogP contribution >= 0.6 is 0 Å². The Hall–Kier alpha value is -2.14. The standard InChI is InChI=1S/C18H24N2O3/c1-4-16(22)20-9-5-6-13-10-14(7-8-15(13)20)17(23)19-11-18(2,3)12-21/h4,7-8,10,21H,1,5-6,9,11-12H2,2-3H3,(H,19,23). The predicted molar refractivity (Wildman–Crippen MR) is 90.5 cm³/mol. The van der Waals surface area contributed by atoms with E-state index in [0.717, 1.165) is 24.1 Å². The third kappa shape index (κ3) is 3.99. The average molecular weight is 316 g/mol. The van der Waals surface area contributed by atoms with Gasteiger partial charge in [-0.1, -0.05) is 20.4 Å². The number of nitrogens with zero attached hydrogens (tertiary/aromatic N) is 1. The summed E-state index contributed by atoms with van der Waals surface area (Å²) in [5, 5.41) is 12.1. The summed E-state index contributed by atoms with van der Waals surface area (Å²) in [5.74, 6) is -0.283. The monoisotopic (exact) mass is 316 g/mol. The second-order valence-corrected chi connectivity index (χ2v) is 6.65. The Balaban J connectivity index is 2.16. The fourth-order valence-electron chi connectivity index (χ4n) is 2.56. The largest absolute Gasteiger partial charge is 0.396 e. The van der Waals surface area contributed by atoms with Gasteiger partial charge in [-0.05, 0) is 42.7 Å². The van der Waals surface area contributed by atoms with Gasteiger partial charge in [-0.25, -0.2) is 0 Å². The van der Waals surface area contributed by atoms with Crippen LogP contribution in [0.3, 0.4) is 0 Å². The van der Waals surface area contributed by atoms with Crippen molar-refractivity contribution < 1.29 is 14.7 Å². The highest BCUT2D eigenvalue weighted by molar-refractivity contribution is 6.02. The summed E-state index contributed by atoms with van der Waals surface area (Å²) in [4.78, 5) is 25.9. The zero-order valence-electron chi connectivity index (χ0n) is 13.8. The van der Waals surface area contributed by atoms with Crippen LogP contribution < -0.4 is 10.2 Å². The van der Waals surface area contributed by atoms with Gasteiger partial charge in [0.1, 0.15) is 0 Å². The van der Waals surface area contributed by atoms with E-state index in [4.69, 9.17) is 0 Å². The Kier molecular flexibility index (Phi) is 5.21. The number of carbonyl (C=O) groups is 2.